The quantitative estimate of drug-likeness (QED) is 0.450. The van der Waals surface area contributed by atoms with Crippen LogP contribution in [-0.2, 0) is 0 Å². The SMILES string of the molecule is c1ccc2c(c1)sc1ccc3cc[nH]c3c12. The average Bonchev–Trinajstić information content (AvgIpc) is 2.91. The van der Waals surface area contributed by atoms with Gasteiger partial charge in [0.15, 0.2) is 0 Å². The van der Waals surface area contributed by atoms with Gasteiger partial charge in [0.1, 0.15) is 0 Å². The van der Waals surface area contributed by atoms with Crippen LogP contribution in [0, 0.1) is 0 Å². The van der Waals surface area contributed by atoms with E-state index in [1.54, 1.807) is 0 Å². The van der Waals surface area contributed by atoms with Crippen molar-refractivity contribution < 1.29 is 0 Å². The average molecular weight is 223 g/mol. The highest BCUT2D eigenvalue weighted by molar-refractivity contribution is 7.26. The van der Waals surface area contributed by atoms with Gasteiger partial charge in [0.25, 0.3) is 0 Å². The Bertz CT molecular complexity index is 807. The molecule has 2 heteroatoms. The van der Waals surface area contributed by atoms with Crippen LogP contribution in [0.25, 0.3) is 31.1 Å². The lowest BCUT2D eigenvalue weighted by Crippen LogP contribution is -1.70. The van der Waals surface area contributed by atoms with Crippen LogP contribution in [0.1, 0.15) is 0 Å². The highest BCUT2D eigenvalue weighted by Crippen LogP contribution is 2.37. The summed E-state index contributed by atoms with van der Waals surface area (Å²) >= 11 is 1.86. The number of rotatable bonds is 0. The van der Waals surface area contributed by atoms with Crippen LogP contribution < -0.4 is 0 Å². The van der Waals surface area contributed by atoms with Gasteiger partial charge < -0.3 is 4.98 Å². The summed E-state index contributed by atoms with van der Waals surface area (Å²) in [6.45, 7) is 0. The molecule has 2 aromatic carbocycles. The third kappa shape index (κ3) is 0.947. The predicted molar refractivity (Wildman–Crippen MR) is 71.2 cm³/mol. The summed E-state index contributed by atoms with van der Waals surface area (Å²) in [6, 6.07) is 15.1. The summed E-state index contributed by atoms with van der Waals surface area (Å²) in [5.74, 6) is 0. The first-order chi connectivity index (χ1) is 7.93. The minimum Gasteiger partial charge on any atom is -0.361 e. The van der Waals surface area contributed by atoms with E-state index in [1.807, 2.05) is 17.5 Å². The van der Waals surface area contributed by atoms with Crippen molar-refractivity contribution in [2.24, 2.45) is 0 Å². The molecule has 0 saturated heterocycles. The third-order valence-corrected chi connectivity index (χ3v) is 4.20. The Kier molecular flexibility index (Phi) is 1.50. The summed E-state index contributed by atoms with van der Waals surface area (Å²) in [5, 5.41) is 4.01. The summed E-state index contributed by atoms with van der Waals surface area (Å²) in [4.78, 5) is 3.35. The molecule has 0 spiro atoms. The van der Waals surface area contributed by atoms with Crippen LogP contribution in [0.3, 0.4) is 0 Å². The van der Waals surface area contributed by atoms with Gasteiger partial charge in [0, 0.05) is 31.8 Å². The van der Waals surface area contributed by atoms with Crippen molar-refractivity contribution in [2.75, 3.05) is 0 Å². The summed E-state index contributed by atoms with van der Waals surface area (Å²) in [6.07, 6.45) is 2.01. The second kappa shape index (κ2) is 2.86. The largest absolute Gasteiger partial charge is 0.361 e. The molecule has 4 rings (SSSR count). The van der Waals surface area contributed by atoms with Gasteiger partial charge in [-0.1, -0.05) is 24.3 Å². The Balaban J connectivity index is 2.42. The molecule has 2 heterocycles. The van der Waals surface area contributed by atoms with Crippen molar-refractivity contribution in [1.82, 2.24) is 4.98 Å². The zero-order valence-electron chi connectivity index (χ0n) is 8.53. The van der Waals surface area contributed by atoms with E-state index in [9.17, 15) is 0 Å². The fourth-order valence-electron chi connectivity index (χ4n) is 2.34. The maximum Gasteiger partial charge on any atom is 0.0548 e. The predicted octanol–water partition coefficient (Wildman–Crippen LogP) is 4.54. The molecule has 0 saturated carbocycles. The Labute approximate surface area is 96.3 Å². The molecule has 16 heavy (non-hydrogen) atoms. The molecule has 0 aliphatic rings. The molecule has 0 aliphatic carbocycles. The minimum atomic E-state index is 1.26. The molecule has 76 valence electrons. The van der Waals surface area contributed by atoms with Crippen molar-refractivity contribution in [3.63, 3.8) is 0 Å². The smallest absolute Gasteiger partial charge is 0.0548 e. The Morgan fingerprint density at radius 1 is 0.875 bits per heavy atom. The first kappa shape index (κ1) is 8.36. The van der Waals surface area contributed by atoms with Gasteiger partial charge in [-0.15, -0.1) is 11.3 Å². The van der Waals surface area contributed by atoms with Gasteiger partial charge in [-0.25, -0.2) is 0 Å². The molecule has 0 atom stereocenters. The first-order valence-corrected chi connectivity index (χ1v) is 6.12. The second-order valence-corrected chi connectivity index (χ2v) is 5.06. The molecule has 1 N–H and O–H groups in total. The van der Waals surface area contributed by atoms with Crippen molar-refractivity contribution in [1.29, 1.82) is 0 Å². The monoisotopic (exact) mass is 223 g/mol. The van der Waals surface area contributed by atoms with Crippen molar-refractivity contribution >= 4 is 42.4 Å². The van der Waals surface area contributed by atoms with E-state index >= 15 is 0 Å². The zero-order valence-corrected chi connectivity index (χ0v) is 9.34. The molecule has 0 unspecified atom stereocenters. The number of hydrogen-bond donors (Lipinski definition) is 1. The van der Waals surface area contributed by atoms with Gasteiger partial charge in [-0.2, -0.15) is 0 Å². The van der Waals surface area contributed by atoms with Gasteiger partial charge >= 0.3 is 0 Å². The number of thiophene rings is 1. The van der Waals surface area contributed by atoms with E-state index in [4.69, 9.17) is 0 Å². The molecule has 0 bridgehead atoms. The molecule has 4 aromatic rings. The molecular weight excluding hydrogens is 214 g/mol. The van der Waals surface area contributed by atoms with E-state index in [0.717, 1.165) is 0 Å². The number of H-pyrrole nitrogens is 1. The lowest BCUT2D eigenvalue weighted by molar-refractivity contribution is 1.49. The van der Waals surface area contributed by atoms with Gasteiger partial charge in [-0.3, -0.25) is 0 Å². The molecular formula is C14H9NS. The molecule has 2 aromatic heterocycles. The number of hydrogen-bond acceptors (Lipinski definition) is 1. The fraction of sp³-hybridized carbons (Fsp3) is 0. The molecule has 0 amide bonds. The maximum absolute atomic E-state index is 3.35. The van der Waals surface area contributed by atoms with Crippen LogP contribution in [0.2, 0.25) is 0 Å². The summed E-state index contributed by atoms with van der Waals surface area (Å²) < 4.78 is 2.72. The van der Waals surface area contributed by atoms with E-state index in [1.165, 1.54) is 31.1 Å². The van der Waals surface area contributed by atoms with Crippen molar-refractivity contribution in [3.8, 4) is 0 Å². The molecule has 0 fully saturated rings. The van der Waals surface area contributed by atoms with Gasteiger partial charge in [-0.05, 0) is 18.2 Å². The minimum absolute atomic E-state index is 1.26. The number of nitrogens with one attached hydrogen (secondary N) is 1. The van der Waals surface area contributed by atoms with E-state index in [-0.39, 0.29) is 0 Å². The normalized spacial score (nSPS) is 11.8. The third-order valence-electron chi connectivity index (χ3n) is 3.07. The van der Waals surface area contributed by atoms with Crippen molar-refractivity contribution in [2.45, 2.75) is 0 Å². The number of aromatic nitrogens is 1. The standard InChI is InChI=1S/C14H9NS/c1-2-4-11-10(3-1)13-12(16-11)6-5-9-7-8-15-14(9)13/h1-8,15H. The highest BCUT2D eigenvalue weighted by atomic mass is 32.1. The lowest BCUT2D eigenvalue weighted by atomic mass is 10.1. The van der Waals surface area contributed by atoms with Crippen LogP contribution in [0.15, 0.2) is 48.7 Å². The zero-order chi connectivity index (χ0) is 10.5. The summed E-state index contributed by atoms with van der Waals surface area (Å²) in [5.41, 5.74) is 1.26. The molecule has 0 aliphatic heterocycles. The lowest BCUT2D eigenvalue weighted by Gasteiger charge is -1.94. The fourth-order valence-corrected chi connectivity index (χ4v) is 3.46. The molecule has 1 nitrogen and oxygen atoms in total. The second-order valence-electron chi connectivity index (χ2n) is 3.98. The van der Waals surface area contributed by atoms with Crippen LogP contribution >= 0.6 is 11.3 Å². The van der Waals surface area contributed by atoms with Crippen molar-refractivity contribution in [3.05, 3.63) is 48.7 Å². The van der Waals surface area contributed by atoms with E-state index in [0.29, 0.717) is 0 Å². The topological polar surface area (TPSA) is 15.8 Å². The van der Waals surface area contributed by atoms with Gasteiger partial charge in [0.05, 0.1) is 5.52 Å². The maximum atomic E-state index is 3.35. The molecule has 0 radical (unpaired) electrons. The van der Waals surface area contributed by atoms with E-state index < -0.39 is 0 Å². The number of benzene rings is 2. The Morgan fingerprint density at radius 2 is 1.81 bits per heavy atom. The van der Waals surface area contributed by atoms with E-state index in [2.05, 4.69) is 47.4 Å². The van der Waals surface area contributed by atoms with Crippen LogP contribution in [0.5, 0.6) is 0 Å². The first-order valence-electron chi connectivity index (χ1n) is 5.31. The van der Waals surface area contributed by atoms with Gasteiger partial charge in [0.2, 0.25) is 0 Å². The van der Waals surface area contributed by atoms with Crippen LogP contribution in [0.4, 0.5) is 0 Å². The summed E-state index contributed by atoms with van der Waals surface area (Å²) in [7, 11) is 0. The highest BCUT2D eigenvalue weighted by Gasteiger charge is 2.08. The van der Waals surface area contributed by atoms with Crippen LogP contribution in [-0.4, -0.2) is 4.98 Å². The number of aromatic amines is 1. The Morgan fingerprint density at radius 3 is 2.81 bits per heavy atom. The Hall–Kier alpha value is -1.80. The number of fused-ring (bicyclic) bond motifs is 5.